The molecule has 0 amide bonds. The van der Waals surface area contributed by atoms with Crippen LogP contribution in [0.3, 0.4) is 0 Å². The predicted octanol–water partition coefficient (Wildman–Crippen LogP) is 9.25. The number of allylic oxidation sites excluding steroid dienone is 1. The van der Waals surface area contributed by atoms with Crippen molar-refractivity contribution in [1.82, 2.24) is 0 Å². The van der Waals surface area contributed by atoms with Gasteiger partial charge in [0.25, 0.3) is 0 Å². The number of hydrogen-bond acceptors (Lipinski definition) is 1. The second kappa shape index (κ2) is 8.32. The second-order valence-corrected chi connectivity index (χ2v) is 9.63. The molecule has 1 nitrogen and oxygen atoms in total. The molecule has 1 heteroatoms. The van der Waals surface area contributed by atoms with Crippen LogP contribution in [0.25, 0.3) is 60.6 Å². The standard InChI is InChI=1S/C35H24O/c36-22-23-17-26(34-20-24-9-1-3-11-28(24)30-13-5-7-15-32(30)34)19-27(18-23)35-21-25-10-2-4-12-29(25)31-14-6-8-16-33(31)35/h1-5,7-13,15-22H,6,14H2. The summed E-state index contributed by atoms with van der Waals surface area (Å²) >= 11 is 0. The summed E-state index contributed by atoms with van der Waals surface area (Å²) in [5, 5.41) is 7.46. The van der Waals surface area contributed by atoms with Gasteiger partial charge in [-0.05, 0) is 109 Å². The van der Waals surface area contributed by atoms with Crippen LogP contribution in [0, 0.1) is 0 Å². The number of benzene rings is 6. The summed E-state index contributed by atoms with van der Waals surface area (Å²) in [5.41, 5.74) is 7.87. The van der Waals surface area contributed by atoms with Crippen molar-refractivity contribution in [3.63, 3.8) is 0 Å². The summed E-state index contributed by atoms with van der Waals surface area (Å²) in [5.74, 6) is 0. The monoisotopic (exact) mass is 460 g/mol. The number of hydrogen-bond donors (Lipinski definition) is 0. The maximum atomic E-state index is 12.1. The lowest BCUT2D eigenvalue weighted by atomic mass is 9.84. The highest BCUT2D eigenvalue weighted by Gasteiger charge is 2.17. The zero-order chi connectivity index (χ0) is 24.1. The Balaban J connectivity index is 1.53. The van der Waals surface area contributed by atoms with Gasteiger partial charge in [-0.15, -0.1) is 0 Å². The molecule has 0 saturated heterocycles. The van der Waals surface area contributed by atoms with Crippen LogP contribution in [0.1, 0.15) is 27.9 Å². The van der Waals surface area contributed by atoms with Gasteiger partial charge in [-0.3, -0.25) is 4.79 Å². The Morgan fingerprint density at radius 2 is 1.19 bits per heavy atom. The van der Waals surface area contributed by atoms with Crippen molar-refractivity contribution < 1.29 is 4.79 Å². The predicted molar refractivity (Wildman–Crippen MR) is 153 cm³/mol. The number of rotatable bonds is 3. The Hall–Kier alpha value is -4.49. The molecule has 0 aliphatic heterocycles. The third-order valence-corrected chi connectivity index (χ3v) is 7.53. The molecule has 36 heavy (non-hydrogen) atoms. The molecule has 0 heterocycles. The second-order valence-electron chi connectivity index (χ2n) is 9.63. The molecule has 0 spiro atoms. The smallest absolute Gasteiger partial charge is 0.150 e. The molecular formula is C35H24O. The third-order valence-electron chi connectivity index (χ3n) is 7.53. The van der Waals surface area contributed by atoms with Gasteiger partial charge in [-0.2, -0.15) is 0 Å². The van der Waals surface area contributed by atoms with Crippen LogP contribution in [-0.4, -0.2) is 6.29 Å². The van der Waals surface area contributed by atoms with E-state index in [0.717, 1.165) is 35.8 Å². The number of aryl methyl sites for hydroxylation is 1. The summed E-state index contributed by atoms with van der Waals surface area (Å²) in [6.45, 7) is 0. The lowest BCUT2D eigenvalue weighted by molar-refractivity contribution is 0.112. The maximum absolute atomic E-state index is 12.1. The fourth-order valence-corrected chi connectivity index (χ4v) is 5.89. The summed E-state index contributed by atoms with van der Waals surface area (Å²) in [6.07, 6.45) is 7.60. The third kappa shape index (κ3) is 3.28. The van der Waals surface area contributed by atoms with E-state index in [1.165, 1.54) is 49.0 Å². The molecule has 0 radical (unpaired) electrons. The lowest BCUT2D eigenvalue weighted by Gasteiger charge is -2.20. The van der Waals surface area contributed by atoms with Crippen LogP contribution in [0.15, 0.2) is 109 Å². The van der Waals surface area contributed by atoms with Gasteiger partial charge < -0.3 is 0 Å². The van der Waals surface area contributed by atoms with Gasteiger partial charge in [-0.1, -0.05) is 84.9 Å². The molecule has 0 saturated carbocycles. The minimum atomic E-state index is 0.696. The van der Waals surface area contributed by atoms with Crippen LogP contribution >= 0.6 is 0 Å². The maximum Gasteiger partial charge on any atom is 0.150 e. The van der Waals surface area contributed by atoms with Crippen LogP contribution < -0.4 is 0 Å². The van der Waals surface area contributed by atoms with Crippen LogP contribution in [0.5, 0.6) is 0 Å². The van der Waals surface area contributed by atoms with Crippen molar-refractivity contribution in [2.45, 2.75) is 12.8 Å². The fraction of sp³-hybridized carbons (Fsp3) is 0.0571. The highest BCUT2D eigenvalue weighted by atomic mass is 16.1. The van der Waals surface area contributed by atoms with E-state index in [9.17, 15) is 4.79 Å². The summed E-state index contributed by atoms with van der Waals surface area (Å²) < 4.78 is 0. The fourth-order valence-electron chi connectivity index (χ4n) is 5.89. The van der Waals surface area contributed by atoms with Gasteiger partial charge in [0.2, 0.25) is 0 Å². The first kappa shape index (κ1) is 20.8. The van der Waals surface area contributed by atoms with Gasteiger partial charge in [0.15, 0.2) is 0 Å². The van der Waals surface area contributed by atoms with Crippen molar-refractivity contribution in [2.24, 2.45) is 0 Å². The summed E-state index contributed by atoms with van der Waals surface area (Å²) in [7, 11) is 0. The molecule has 1 aliphatic rings. The van der Waals surface area contributed by atoms with Crippen molar-refractivity contribution in [3.05, 3.63) is 126 Å². The molecule has 0 bridgehead atoms. The molecule has 1 aliphatic carbocycles. The topological polar surface area (TPSA) is 17.1 Å². The van der Waals surface area contributed by atoms with Crippen LogP contribution in [0.4, 0.5) is 0 Å². The molecule has 0 fully saturated rings. The van der Waals surface area contributed by atoms with Crippen molar-refractivity contribution >= 4 is 44.7 Å². The Kier molecular flexibility index (Phi) is 4.82. The molecule has 6 aromatic rings. The van der Waals surface area contributed by atoms with Crippen molar-refractivity contribution in [1.29, 1.82) is 0 Å². The van der Waals surface area contributed by atoms with Crippen LogP contribution in [0.2, 0.25) is 0 Å². The molecule has 0 aromatic heterocycles. The summed E-state index contributed by atoms with van der Waals surface area (Å²) in [6, 6.07) is 36.6. The zero-order valence-electron chi connectivity index (χ0n) is 19.9. The lowest BCUT2D eigenvalue weighted by Crippen LogP contribution is -1.99. The van der Waals surface area contributed by atoms with E-state index < -0.39 is 0 Å². The van der Waals surface area contributed by atoms with Gasteiger partial charge >= 0.3 is 0 Å². The van der Waals surface area contributed by atoms with Crippen LogP contribution in [-0.2, 0) is 6.42 Å². The van der Waals surface area contributed by atoms with Gasteiger partial charge in [0, 0.05) is 5.56 Å². The highest BCUT2D eigenvalue weighted by Crippen LogP contribution is 2.40. The average Bonchev–Trinajstić information content (AvgIpc) is 2.96. The Morgan fingerprint density at radius 3 is 1.97 bits per heavy atom. The Morgan fingerprint density at radius 1 is 0.583 bits per heavy atom. The van der Waals surface area contributed by atoms with Gasteiger partial charge in [-0.25, -0.2) is 0 Å². The zero-order valence-corrected chi connectivity index (χ0v) is 19.9. The number of fused-ring (bicyclic) bond motifs is 6. The van der Waals surface area contributed by atoms with Crippen molar-refractivity contribution in [3.8, 4) is 22.3 Å². The first-order valence-corrected chi connectivity index (χ1v) is 12.5. The van der Waals surface area contributed by atoms with E-state index in [1.807, 2.05) is 12.1 Å². The molecule has 0 unspecified atom stereocenters. The highest BCUT2D eigenvalue weighted by molar-refractivity contribution is 6.14. The van der Waals surface area contributed by atoms with E-state index in [1.54, 1.807) is 0 Å². The Bertz CT molecular complexity index is 1860. The minimum absolute atomic E-state index is 0.696. The van der Waals surface area contributed by atoms with E-state index in [0.29, 0.717) is 5.56 Å². The minimum Gasteiger partial charge on any atom is -0.298 e. The molecule has 7 rings (SSSR count). The molecule has 170 valence electrons. The number of carbonyl (C=O) groups excluding carboxylic acids is 1. The molecular weight excluding hydrogens is 436 g/mol. The SMILES string of the molecule is O=Cc1cc(-c2cc3ccccc3c3c2C=CCC3)cc(-c2cc3ccccc3c3ccccc23)c1. The number of aldehydes is 1. The molecule has 0 atom stereocenters. The number of carbonyl (C=O) groups is 1. The average molecular weight is 461 g/mol. The quantitative estimate of drug-likeness (QED) is 0.190. The Labute approximate surface area is 210 Å². The van der Waals surface area contributed by atoms with Gasteiger partial charge in [0.1, 0.15) is 6.29 Å². The van der Waals surface area contributed by atoms with E-state index in [-0.39, 0.29) is 0 Å². The van der Waals surface area contributed by atoms with Gasteiger partial charge in [0.05, 0.1) is 0 Å². The molecule has 6 aromatic carbocycles. The summed E-state index contributed by atoms with van der Waals surface area (Å²) in [4.78, 5) is 12.1. The molecule has 0 N–H and O–H groups in total. The normalized spacial score (nSPS) is 12.8. The first-order valence-electron chi connectivity index (χ1n) is 12.5. The van der Waals surface area contributed by atoms with E-state index >= 15 is 0 Å². The first-order chi connectivity index (χ1) is 17.8. The largest absolute Gasteiger partial charge is 0.298 e. The van der Waals surface area contributed by atoms with E-state index in [2.05, 4.69) is 103 Å². The van der Waals surface area contributed by atoms with Crippen molar-refractivity contribution in [2.75, 3.05) is 0 Å². The van der Waals surface area contributed by atoms with E-state index in [4.69, 9.17) is 0 Å².